The van der Waals surface area contributed by atoms with Crippen LogP contribution in [0.1, 0.15) is 23.3 Å². The molecule has 0 spiro atoms. The third kappa shape index (κ3) is 3.33. The van der Waals surface area contributed by atoms with E-state index in [1.165, 1.54) is 18.4 Å². The van der Waals surface area contributed by atoms with E-state index < -0.39 is 0 Å². The Bertz CT molecular complexity index is 376. The summed E-state index contributed by atoms with van der Waals surface area (Å²) in [6, 6.07) is 0.270. The summed E-state index contributed by atoms with van der Waals surface area (Å²) in [5.41, 5.74) is 0.375. The van der Waals surface area contributed by atoms with Crippen LogP contribution in [-0.2, 0) is 0 Å². The van der Waals surface area contributed by atoms with Gasteiger partial charge in [0, 0.05) is 18.8 Å². The Morgan fingerprint density at radius 2 is 2.35 bits per heavy atom. The highest BCUT2D eigenvalue weighted by molar-refractivity contribution is 7.99. The number of rotatable bonds is 3. The van der Waals surface area contributed by atoms with Crippen LogP contribution in [0.15, 0.2) is 12.4 Å². The maximum atomic E-state index is 11.9. The van der Waals surface area contributed by atoms with Crippen LogP contribution in [0.5, 0.6) is 0 Å². The molecule has 1 saturated heterocycles. The first-order valence-electron chi connectivity index (χ1n) is 5.68. The fourth-order valence-corrected chi connectivity index (χ4v) is 2.76. The Kier molecular flexibility index (Phi) is 4.19. The zero-order valence-corrected chi connectivity index (χ0v) is 10.6. The van der Waals surface area contributed by atoms with Gasteiger partial charge in [0.1, 0.15) is 11.5 Å². The van der Waals surface area contributed by atoms with Crippen LogP contribution >= 0.6 is 11.8 Å². The topological polar surface area (TPSA) is 66.9 Å². The smallest absolute Gasteiger partial charge is 0.271 e. The molecule has 1 aliphatic heterocycles. The predicted molar refractivity (Wildman–Crippen MR) is 69.4 cm³/mol. The highest BCUT2D eigenvalue weighted by atomic mass is 32.2. The zero-order valence-electron chi connectivity index (χ0n) is 9.77. The van der Waals surface area contributed by atoms with Gasteiger partial charge in [-0.3, -0.25) is 4.79 Å². The van der Waals surface area contributed by atoms with Gasteiger partial charge in [-0.2, -0.15) is 11.8 Å². The van der Waals surface area contributed by atoms with Crippen molar-refractivity contribution in [2.45, 2.75) is 18.9 Å². The van der Waals surface area contributed by atoms with Gasteiger partial charge in [0.05, 0.1) is 12.4 Å². The van der Waals surface area contributed by atoms with E-state index in [0.717, 1.165) is 12.2 Å². The number of nitrogens with one attached hydrogen (secondary N) is 2. The molecule has 1 aliphatic rings. The molecule has 0 saturated carbocycles. The van der Waals surface area contributed by atoms with Gasteiger partial charge in [0.25, 0.3) is 5.91 Å². The van der Waals surface area contributed by atoms with Crippen molar-refractivity contribution in [3.05, 3.63) is 18.1 Å². The van der Waals surface area contributed by atoms with E-state index in [-0.39, 0.29) is 11.9 Å². The molecule has 2 N–H and O–H groups in total. The lowest BCUT2D eigenvalue weighted by Gasteiger charge is -2.22. The van der Waals surface area contributed by atoms with Gasteiger partial charge in [0.2, 0.25) is 0 Å². The summed E-state index contributed by atoms with van der Waals surface area (Å²) in [6.07, 6.45) is 5.28. The van der Waals surface area contributed by atoms with Crippen LogP contribution in [0.4, 0.5) is 5.82 Å². The Hall–Kier alpha value is -1.30. The predicted octanol–water partition coefficient (Wildman–Crippen LogP) is 1.14. The molecule has 5 nitrogen and oxygen atoms in total. The molecule has 0 radical (unpaired) electrons. The van der Waals surface area contributed by atoms with Gasteiger partial charge in [-0.15, -0.1) is 0 Å². The van der Waals surface area contributed by atoms with Crippen molar-refractivity contribution >= 4 is 23.5 Å². The molecule has 92 valence electrons. The van der Waals surface area contributed by atoms with E-state index in [1.807, 2.05) is 11.8 Å². The van der Waals surface area contributed by atoms with Gasteiger partial charge >= 0.3 is 0 Å². The lowest BCUT2D eigenvalue weighted by molar-refractivity contribution is 0.0933. The van der Waals surface area contributed by atoms with E-state index >= 15 is 0 Å². The van der Waals surface area contributed by atoms with Gasteiger partial charge in [-0.05, 0) is 18.6 Å². The molecule has 1 aromatic rings. The highest BCUT2D eigenvalue weighted by Crippen LogP contribution is 2.17. The summed E-state index contributed by atoms with van der Waals surface area (Å²) in [5, 5.41) is 5.86. The molecule has 1 unspecified atom stereocenters. The molecule has 6 heteroatoms. The SMILES string of the molecule is CNc1cnc(C(=O)NC2CCCSC2)cn1. The number of aromatic nitrogens is 2. The molecule has 1 fully saturated rings. The quantitative estimate of drug-likeness (QED) is 0.844. The number of amides is 1. The van der Waals surface area contributed by atoms with Gasteiger partial charge < -0.3 is 10.6 Å². The van der Waals surface area contributed by atoms with Crippen LogP contribution in [0.3, 0.4) is 0 Å². The molecule has 0 aliphatic carbocycles. The van der Waals surface area contributed by atoms with E-state index in [1.54, 1.807) is 13.2 Å². The van der Waals surface area contributed by atoms with Crippen LogP contribution in [-0.4, -0.2) is 40.5 Å². The highest BCUT2D eigenvalue weighted by Gasteiger charge is 2.17. The van der Waals surface area contributed by atoms with Crippen molar-refractivity contribution in [1.29, 1.82) is 0 Å². The maximum absolute atomic E-state index is 11.9. The van der Waals surface area contributed by atoms with Crippen molar-refractivity contribution in [3.8, 4) is 0 Å². The number of nitrogens with zero attached hydrogens (tertiary/aromatic N) is 2. The number of hydrogen-bond acceptors (Lipinski definition) is 5. The minimum absolute atomic E-state index is 0.132. The summed E-state index contributed by atoms with van der Waals surface area (Å²) in [4.78, 5) is 20.0. The monoisotopic (exact) mass is 252 g/mol. The van der Waals surface area contributed by atoms with Gasteiger partial charge in [0.15, 0.2) is 0 Å². The second kappa shape index (κ2) is 5.86. The van der Waals surface area contributed by atoms with E-state index in [0.29, 0.717) is 11.5 Å². The summed E-state index contributed by atoms with van der Waals surface area (Å²) in [7, 11) is 1.77. The standard InChI is InChI=1S/C11H16N4OS/c1-12-10-6-13-9(5-14-10)11(16)15-8-3-2-4-17-7-8/h5-6,8H,2-4,7H2,1H3,(H,12,14)(H,15,16). The van der Waals surface area contributed by atoms with E-state index in [2.05, 4.69) is 20.6 Å². The summed E-state index contributed by atoms with van der Waals surface area (Å²) in [6.45, 7) is 0. The van der Waals surface area contributed by atoms with Crippen LogP contribution < -0.4 is 10.6 Å². The third-order valence-electron chi connectivity index (χ3n) is 2.64. The molecule has 0 aromatic carbocycles. The molecule has 1 atom stereocenters. The Labute approximate surface area is 105 Å². The fraction of sp³-hybridized carbons (Fsp3) is 0.545. The maximum Gasteiger partial charge on any atom is 0.271 e. The second-order valence-corrected chi connectivity index (χ2v) is 5.07. The lowest BCUT2D eigenvalue weighted by atomic mass is 10.2. The first-order valence-corrected chi connectivity index (χ1v) is 6.83. The van der Waals surface area contributed by atoms with Crippen molar-refractivity contribution in [1.82, 2.24) is 15.3 Å². The molecule has 17 heavy (non-hydrogen) atoms. The molecule has 2 heterocycles. The third-order valence-corrected chi connectivity index (χ3v) is 3.85. The van der Waals surface area contributed by atoms with E-state index in [9.17, 15) is 4.79 Å². The van der Waals surface area contributed by atoms with Crippen molar-refractivity contribution in [2.75, 3.05) is 23.9 Å². The largest absolute Gasteiger partial charge is 0.372 e. The number of hydrogen-bond donors (Lipinski definition) is 2. The summed E-state index contributed by atoms with van der Waals surface area (Å²) >= 11 is 1.89. The van der Waals surface area contributed by atoms with Crippen molar-refractivity contribution in [3.63, 3.8) is 0 Å². The minimum atomic E-state index is -0.132. The number of carbonyl (C=O) groups excluding carboxylic acids is 1. The zero-order chi connectivity index (χ0) is 12.1. The molecule has 1 aromatic heterocycles. The number of anilines is 1. The van der Waals surface area contributed by atoms with Crippen LogP contribution in [0, 0.1) is 0 Å². The minimum Gasteiger partial charge on any atom is -0.372 e. The average molecular weight is 252 g/mol. The second-order valence-electron chi connectivity index (χ2n) is 3.92. The Morgan fingerprint density at radius 3 is 2.94 bits per heavy atom. The molecular weight excluding hydrogens is 236 g/mol. The fourth-order valence-electron chi connectivity index (χ4n) is 1.69. The van der Waals surface area contributed by atoms with Gasteiger partial charge in [-0.1, -0.05) is 0 Å². The first kappa shape index (κ1) is 12.2. The van der Waals surface area contributed by atoms with Gasteiger partial charge in [-0.25, -0.2) is 9.97 Å². The van der Waals surface area contributed by atoms with E-state index in [4.69, 9.17) is 0 Å². The Balaban J connectivity index is 1.93. The number of thioether (sulfide) groups is 1. The molecule has 2 rings (SSSR count). The molecular formula is C11H16N4OS. The van der Waals surface area contributed by atoms with Crippen LogP contribution in [0.2, 0.25) is 0 Å². The normalized spacial score (nSPS) is 19.7. The average Bonchev–Trinajstić information content (AvgIpc) is 2.40. The molecule has 1 amide bonds. The van der Waals surface area contributed by atoms with Crippen LogP contribution in [0.25, 0.3) is 0 Å². The first-order chi connectivity index (χ1) is 8.29. The molecule has 0 bridgehead atoms. The summed E-state index contributed by atoms with van der Waals surface area (Å²) < 4.78 is 0. The number of carbonyl (C=O) groups is 1. The van der Waals surface area contributed by atoms with Crippen molar-refractivity contribution in [2.24, 2.45) is 0 Å². The summed E-state index contributed by atoms with van der Waals surface area (Å²) in [5.74, 6) is 2.72. The van der Waals surface area contributed by atoms with Crippen molar-refractivity contribution < 1.29 is 4.79 Å². The Morgan fingerprint density at radius 1 is 1.47 bits per heavy atom. The lowest BCUT2D eigenvalue weighted by Crippen LogP contribution is -2.38.